The first-order chi connectivity index (χ1) is 12.4. The van der Waals surface area contributed by atoms with Gasteiger partial charge in [-0.25, -0.2) is 0 Å². The molecule has 2 fully saturated rings. The second-order valence-electron chi connectivity index (χ2n) is 8.73. The van der Waals surface area contributed by atoms with Gasteiger partial charge in [0.2, 0.25) is 0 Å². The molecule has 2 aliphatic rings. The van der Waals surface area contributed by atoms with Crippen LogP contribution in [0.2, 0.25) is 0 Å². The number of nitrogens with zero attached hydrogens (tertiary/aromatic N) is 3. The number of carbonyl (C=O) groups excluding carboxylic acids is 1. The lowest BCUT2D eigenvalue weighted by atomic mass is 9.92. The first kappa shape index (κ1) is 21.1. The molecule has 148 valence electrons. The van der Waals surface area contributed by atoms with Gasteiger partial charge in [-0.2, -0.15) is 5.10 Å². The van der Waals surface area contributed by atoms with Crippen molar-refractivity contribution in [1.29, 1.82) is 0 Å². The zero-order valence-electron chi connectivity index (χ0n) is 17.6. The van der Waals surface area contributed by atoms with Gasteiger partial charge in [0, 0.05) is 31.2 Å². The van der Waals surface area contributed by atoms with Crippen LogP contribution in [-0.4, -0.2) is 39.6 Å². The van der Waals surface area contributed by atoms with E-state index in [1.54, 1.807) is 6.92 Å². The largest absolute Gasteiger partial charge is 0.300 e. The molecule has 1 aliphatic heterocycles. The third kappa shape index (κ3) is 6.22. The number of hydrogen-bond donors (Lipinski definition) is 0. The van der Waals surface area contributed by atoms with Crippen molar-refractivity contribution in [3.05, 3.63) is 18.0 Å². The van der Waals surface area contributed by atoms with Gasteiger partial charge < -0.3 is 4.90 Å². The molecule has 0 unspecified atom stereocenters. The number of Topliss-reactive ketones (excluding diaryl/α,β-unsaturated/α-hetero) is 1. The molecule has 0 aromatic carbocycles. The quantitative estimate of drug-likeness (QED) is 0.739. The molecule has 4 nitrogen and oxygen atoms in total. The summed E-state index contributed by atoms with van der Waals surface area (Å²) in [5.41, 5.74) is 1.37. The van der Waals surface area contributed by atoms with Gasteiger partial charge in [0.1, 0.15) is 5.78 Å². The van der Waals surface area contributed by atoms with Gasteiger partial charge in [-0.05, 0) is 44.1 Å². The summed E-state index contributed by atoms with van der Waals surface area (Å²) in [6.07, 6.45) is 14.1. The van der Waals surface area contributed by atoms with Crippen molar-refractivity contribution in [1.82, 2.24) is 14.7 Å². The molecule has 0 atom stereocenters. The first-order valence-corrected chi connectivity index (χ1v) is 10.7. The number of hydrogen-bond acceptors (Lipinski definition) is 3. The molecule has 0 amide bonds. The third-order valence-electron chi connectivity index (χ3n) is 6.07. The maximum absolute atomic E-state index is 10.1. The second-order valence-corrected chi connectivity index (χ2v) is 8.73. The van der Waals surface area contributed by atoms with E-state index in [-0.39, 0.29) is 11.7 Å². The van der Waals surface area contributed by atoms with Gasteiger partial charge in [0.05, 0.1) is 12.2 Å². The minimum atomic E-state index is 0.213. The summed E-state index contributed by atoms with van der Waals surface area (Å²) >= 11 is 0. The van der Waals surface area contributed by atoms with Crippen molar-refractivity contribution in [3.8, 4) is 0 Å². The van der Waals surface area contributed by atoms with Crippen molar-refractivity contribution >= 4 is 5.78 Å². The average Bonchev–Trinajstić information content (AvgIpc) is 3.13. The van der Waals surface area contributed by atoms with Crippen LogP contribution in [0.25, 0.3) is 0 Å². The Labute approximate surface area is 160 Å². The van der Waals surface area contributed by atoms with Crippen LogP contribution in [0, 0.1) is 5.92 Å². The lowest BCUT2D eigenvalue weighted by molar-refractivity contribution is -0.119. The zero-order valence-corrected chi connectivity index (χ0v) is 17.6. The van der Waals surface area contributed by atoms with Gasteiger partial charge in [-0.1, -0.05) is 47.0 Å². The number of likely N-dealkylation sites (tertiary alicyclic amines) is 1. The first-order valence-electron chi connectivity index (χ1n) is 10.7. The fraction of sp³-hybridized carbons (Fsp3) is 0.818. The molecule has 1 saturated carbocycles. The minimum Gasteiger partial charge on any atom is -0.300 e. The zero-order chi connectivity index (χ0) is 19.1. The normalized spacial score (nSPS) is 20.3. The molecule has 0 spiro atoms. The van der Waals surface area contributed by atoms with E-state index >= 15 is 0 Å². The average molecular weight is 362 g/mol. The van der Waals surface area contributed by atoms with Gasteiger partial charge >= 0.3 is 0 Å². The van der Waals surface area contributed by atoms with Crippen LogP contribution in [0.15, 0.2) is 12.4 Å². The molecule has 0 radical (unpaired) electrons. The lowest BCUT2D eigenvalue weighted by Crippen LogP contribution is -2.42. The minimum absolute atomic E-state index is 0.213. The van der Waals surface area contributed by atoms with Gasteiger partial charge in [-0.15, -0.1) is 0 Å². The molecular formula is C22H39N3O. The van der Waals surface area contributed by atoms with Crippen LogP contribution in [0.3, 0.4) is 0 Å². The van der Waals surface area contributed by atoms with Crippen molar-refractivity contribution in [2.75, 3.05) is 13.1 Å². The molecule has 0 N–H and O–H groups in total. The van der Waals surface area contributed by atoms with E-state index in [0.29, 0.717) is 12.0 Å². The van der Waals surface area contributed by atoms with Crippen LogP contribution in [0.4, 0.5) is 0 Å². The molecule has 0 bridgehead atoms. The highest BCUT2D eigenvalue weighted by molar-refractivity contribution is 5.77. The molecule has 1 aromatic rings. The van der Waals surface area contributed by atoms with Crippen LogP contribution in [0.5, 0.6) is 0 Å². The Morgan fingerprint density at radius 2 is 1.58 bits per heavy atom. The van der Waals surface area contributed by atoms with E-state index in [2.05, 4.69) is 40.9 Å². The van der Waals surface area contributed by atoms with Gasteiger partial charge in [0.15, 0.2) is 0 Å². The van der Waals surface area contributed by atoms with E-state index in [4.69, 9.17) is 0 Å². The molecule has 3 rings (SSSR count). The third-order valence-corrected chi connectivity index (χ3v) is 6.07. The summed E-state index contributed by atoms with van der Waals surface area (Å²) in [7, 11) is 0. The van der Waals surface area contributed by atoms with Crippen molar-refractivity contribution in [3.63, 3.8) is 0 Å². The maximum atomic E-state index is 10.1. The Morgan fingerprint density at radius 1 is 1.00 bits per heavy atom. The van der Waals surface area contributed by atoms with E-state index in [0.717, 1.165) is 6.04 Å². The highest BCUT2D eigenvalue weighted by atomic mass is 16.1. The second kappa shape index (κ2) is 10.2. The summed E-state index contributed by atoms with van der Waals surface area (Å²) in [5, 5.41) is 4.60. The molecule has 1 aromatic heterocycles. The molecule has 26 heavy (non-hydrogen) atoms. The van der Waals surface area contributed by atoms with Gasteiger partial charge in [0.25, 0.3) is 0 Å². The smallest absolute Gasteiger partial charge is 0.132 e. The molecule has 1 saturated heterocycles. The number of carbonyl (C=O) groups is 1. The topological polar surface area (TPSA) is 38.1 Å². The van der Waals surface area contributed by atoms with Crippen LogP contribution in [-0.2, 0) is 4.79 Å². The lowest BCUT2D eigenvalue weighted by Gasteiger charge is -2.39. The highest BCUT2D eigenvalue weighted by Gasteiger charge is 2.27. The predicted octanol–water partition coefficient (Wildman–Crippen LogP) is 5.21. The Balaban J connectivity index is 0.000000352. The molecule has 4 heteroatoms. The van der Waals surface area contributed by atoms with E-state index in [9.17, 15) is 4.79 Å². The highest BCUT2D eigenvalue weighted by Crippen LogP contribution is 2.29. The molecule has 1 aliphatic carbocycles. The number of piperidine rings is 1. The fourth-order valence-corrected chi connectivity index (χ4v) is 3.81. The SMILES string of the molecule is CC(=O)C(C)C.CC(C)c1cnn(C2CCN(C3CCCCC3)CC2)c1. The van der Waals surface area contributed by atoms with E-state index in [1.165, 1.54) is 63.6 Å². The summed E-state index contributed by atoms with van der Waals surface area (Å²) < 4.78 is 2.23. The fourth-order valence-electron chi connectivity index (χ4n) is 3.81. The van der Waals surface area contributed by atoms with Crippen molar-refractivity contribution in [2.45, 2.75) is 97.6 Å². The van der Waals surface area contributed by atoms with Crippen molar-refractivity contribution in [2.24, 2.45) is 5.92 Å². The Bertz CT molecular complexity index is 535. The summed E-state index contributed by atoms with van der Waals surface area (Å²) in [6, 6.07) is 1.51. The van der Waals surface area contributed by atoms with Crippen LogP contribution >= 0.6 is 0 Å². The standard InChI is InChI=1S/C17H29N3.C5H10O/c1-14(2)15-12-18-20(13-15)17-8-10-19(11-9-17)16-6-4-3-5-7-16;1-4(2)5(3)6/h12-14,16-17H,3-11H2,1-2H3;4H,1-3H3. The summed E-state index contributed by atoms with van der Waals surface area (Å²) in [6.45, 7) is 12.4. The van der Waals surface area contributed by atoms with E-state index in [1.807, 2.05) is 13.8 Å². The number of ketones is 1. The summed E-state index contributed by atoms with van der Waals surface area (Å²) in [5.74, 6) is 1.06. The maximum Gasteiger partial charge on any atom is 0.132 e. The summed E-state index contributed by atoms with van der Waals surface area (Å²) in [4.78, 5) is 12.9. The monoisotopic (exact) mass is 361 g/mol. The van der Waals surface area contributed by atoms with Gasteiger partial charge in [-0.3, -0.25) is 9.48 Å². The number of rotatable bonds is 4. The van der Waals surface area contributed by atoms with Crippen LogP contribution < -0.4 is 0 Å². The molecular weight excluding hydrogens is 322 g/mol. The Hall–Kier alpha value is -1.16. The Kier molecular flexibility index (Phi) is 8.33. The molecule has 2 heterocycles. The number of aromatic nitrogens is 2. The van der Waals surface area contributed by atoms with E-state index < -0.39 is 0 Å². The Morgan fingerprint density at radius 3 is 2.04 bits per heavy atom. The van der Waals surface area contributed by atoms with Crippen molar-refractivity contribution < 1.29 is 4.79 Å². The predicted molar refractivity (Wildman–Crippen MR) is 109 cm³/mol. The van der Waals surface area contributed by atoms with Crippen LogP contribution in [0.1, 0.15) is 97.1 Å².